The van der Waals surface area contributed by atoms with Gasteiger partial charge in [-0.05, 0) is 13.0 Å². The number of hydrogen-bond donors (Lipinski definition) is 2. The van der Waals surface area contributed by atoms with E-state index in [4.69, 9.17) is 5.11 Å². The Morgan fingerprint density at radius 2 is 1.75 bits per heavy atom. The Kier molecular flexibility index (Phi) is 6.77. The summed E-state index contributed by atoms with van der Waals surface area (Å²) in [4.78, 5) is 0. The maximum absolute atomic E-state index is 12.4. The first-order chi connectivity index (χ1) is 7.27. The van der Waals surface area contributed by atoms with Crippen LogP contribution >= 0.6 is 0 Å². The summed E-state index contributed by atoms with van der Waals surface area (Å²) in [7, 11) is 0. The van der Waals surface area contributed by atoms with Crippen molar-refractivity contribution in [1.82, 2.24) is 5.32 Å². The van der Waals surface area contributed by atoms with Crippen LogP contribution in [0.3, 0.4) is 0 Å². The molecule has 0 unspecified atom stereocenters. The van der Waals surface area contributed by atoms with Gasteiger partial charge in [-0.25, -0.2) is 8.78 Å². The van der Waals surface area contributed by atoms with Gasteiger partial charge in [0.05, 0.1) is 6.54 Å². The van der Waals surface area contributed by atoms with Crippen LogP contribution in [0.25, 0.3) is 0 Å². The van der Waals surface area contributed by atoms with E-state index in [1.54, 1.807) is 0 Å². The van der Waals surface area contributed by atoms with Crippen molar-refractivity contribution in [1.29, 1.82) is 0 Å². The molecule has 3 nitrogen and oxygen atoms in total. The predicted molar refractivity (Wildman–Crippen MR) is 46.4 cm³/mol. The average Bonchev–Trinajstić information content (AvgIpc) is 2.14. The number of alkyl halides is 5. The zero-order chi connectivity index (χ0) is 12.7. The number of nitrogens with one attached hydrogen (secondary N) is 1. The van der Waals surface area contributed by atoms with Crippen LogP contribution in [0.5, 0.6) is 0 Å². The summed E-state index contributed by atoms with van der Waals surface area (Å²) in [6, 6.07) is 0. The molecule has 8 heteroatoms. The van der Waals surface area contributed by atoms with Crippen molar-refractivity contribution in [3.8, 4) is 0 Å². The minimum Gasteiger partial charge on any atom is -0.390 e. The van der Waals surface area contributed by atoms with Crippen molar-refractivity contribution in [2.45, 2.75) is 18.5 Å². The summed E-state index contributed by atoms with van der Waals surface area (Å²) in [6.45, 7) is -3.35. The lowest BCUT2D eigenvalue weighted by Crippen LogP contribution is -2.36. The molecule has 16 heavy (non-hydrogen) atoms. The van der Waals surface area contributed by atoms with Crippen LogP contribution in [0.2, 0.25) is 0 Å². The topological polar surface area (TPSA) is 41.5 Å². The van der Waals surface area contributed by atoms with Crippen molar-refractivity contribution in [3.05, 3.63) is 0 Å². The van der Waals surface area contributed by atoms with Gasteiger partial charge in [-0.1, -0.05) is 0 Å². The summed E-state index contributed by atoms with van der Waals surface area (Å²) in [5.74, 6) is -3.20. The molecule has 98 valence electrons. The van der Waals surface area contributed by atoms with Crippen LogP contribution in [-0.4, -0.2) is 50.1 Å². The lowest BCUT2D eigenvalue weighted by atomic mass is 10.3. The first kappa shape index (κ1) is 15.5. The standard InChI is InChI=1S/C8H14F5NO2/c9-7(10,5-15)4-14-2-1-3-16-6-8(11,12)13/h14-15H,1-6H2. The monoisotopic (exact) mass is 251 g/mol. The van der Waals surface area contributed by atoms with Crippen LogP contribution in [-0.2, 0) is 4.74 Å². The van der Waals surface area contributed by atoms with Crippen LogP contribution in [0.1, 0.15) is 6.42 Å². The highest BCUT2D eigenvalue weighted by atomic mass is 19.4. The molecule has 0 aromatic heterocycles. The Hall–Kier alpha value is -0.470. The Labute approximate surface area is 89.6 Å². The molecule has 0 fully saturated rings. The predicted octanol–water partition coefficient (Wildman–Crippen LogP) is 1.17. The number of aliphatic hydroxyl groups excluding tert-OH is 1. The van der Waals surface area contributed by atoms with Gasteiger partial charge in [-0.3, -0.25) is 0 Å². The molecule has 0 saturated carbocycles. The molecule has 0 aliphatic heterocycles. The molecule has 0 bridgehead atoms. The van der Waals surface area contributed by atoms with Crippen LogP contribution in [0, 0.1) is 0 Å². The number of halogens is 5. The molecule has 2 N–H and O–H groups in total. The first-order valence-corrected chi connectivity index (χ1v) is 4.61. The van der Waals surface area contributed by atoms with E-state index in [2.05, 4.69) is 10.1 Å². The molecule has 0 saturated heterocycles. The largest absolute Gasteiger partial charge is 0.411 e. The number of hydrogen-bond acceptors (Lipinski definition) is 3. The molecule has 0 aliphatic rings. The second-order valence-electron chi connectivity index (χ2n) is 3.21. The van der Waals surface area contributed by atoms with Gasteiger partial charge in [0.1, 0.15) is 13.2 Å². The second kappa shape index (κ2) is 6.97. The minimum absolute atomic E-state index is 0.105. The highest BCUT2D eigenvalue weighted by molar-refractivity contribution is 4.67. The highest BCUT2D eigenvalue weighted by Gasteiger charge is 2.27. The molecule has 0 radical (unpaired) electrons. The number of rotatable bonds is 8. The van der Waals surface area contributed by atoms with E-state index in [0.29, 0.717) is 0 Å². The van der Waals surface area contributed by atoms with Gasteiger partial charge in [-0.2, -0.15) is 13.2 Å². The van der Waals surface area contributed by atoms with E-state index in [1.807, 2.05) is 0 Å². The van der Waals surface area contributed by atoms with E-state index in [1.165, 1.54) is 0 Å². The highest BCUT2D eigenvalue weighted by Crippen LogP contribution is 2.14. The zero-order valence-electron chi connectivity index (χ0n) is 8.49. The molecule has 0 aromatic carbocycles. The molecule has 0 heterocycles. The third-order valence-corrected chi connectivity index (χ3v) is 1.52. The third kappa shape index (κ3) is 10.1. The fraction of sp³-hybridized carbons (Fsp3) is 1.00. The molecule has 0 aromatic rings. The van der Waals surface area contributed by atoms with Gasteiger partial charge in [0.15, 0.2) is 0 Å². The van der Waals surface area contributed by atoms with E-state index in [-0.39, 0.29) is 19.6 Å². The molecule has 0 rings (SSSR count). The fourth-order valence-electron chi connectivity index (χ4n) is 0.814. The number of aliphatic hydroxyl groups is 1. The average molecular weight is 251 g/mol. The molecule has 0 atom stereocenters. The first-order valence-electron chi connectivity index (χ1n) is 4.61. The Morgan fingerprint density at radius 3 is 2.25 bits per heavy atom. The lowest BCUT2D eigenvalue weighted by molar-refractivity contribution is -0.173. The van der Waals surface area contributed by atoms with Crippen LogP contribution < -0.4 is 5.32 Å². The van der Waals surface area contributed by atoms with Crippen LogP contribution in [0.15, 0.2) is 0 Å². The van der Waals surface area contributed by atoms with Gasteiger partial charge in [-0.15, -0.1) is 0 Å². The Balaban J connectivity index is 3.29. The molecule has 0 aliphatic carbocycles. The van der Waals surface area contributed by atoms with Crippen molar-refractivity contribution in [2.75, 3.05) is 32.9 Å². The van der Waals surface area contributed by atoms with Gasteiger partial charge >= 0.3 is 6.18 Å². The summed E-state index contributed by atoms with van der Waals surface area (Å²) >= 11 is 0. The molecular weight excluding hydrogens is 237 g/mol. The second-order valence-corrected chi connectivity index (χ2v) is 3.21. The van der Waals surface area contributed by atoms with Crippen molar-refractivity contribution < 1.29 is 31.8 Å². The Bertz CT molecular complexity index is 186. The summed E-state index contributed by atoms with van der Waals surface area (Å²) < 4.78 is 63.7. The zero-order valence-corrected chi connectivity index (χ0v) is 8.49. The van der Waals surface area contributed by atoms with E-state index in [9.17, 15) is 22.0 Å². The van der Waals surface area contributed by atoms with Crippen molar-refractivity contribution >= 4 is 0 Å². The molecule has 0 spiro atoms. The van der Waals surface area contributed by atoms with E-state index < -0.39 is 31.9 Å². The van der Waals surface area contributed by atoms with Crippen LogP contribution in [0.4, 0.5) is 22.0 Å². The normalized spacial score (nSPS) is 13.1. The van der Waals surface area contributed by atoms with Gasteiger partial charge in [0.2, 0.25) is 0 Å². The summed E-state index contributed by atoms with van der Waals surface area (Å²) in [5, 5.41) is 10.5. The molecular formula is C8H14F5NO2. The summed E-state index contributed by atoms with van der Waals surface area (Å²) in [5.41, 5.74) is 0. The quantitative estimate of drug-likeness (QED) is 0.502. The summed E-state index contributed by atoms with van der Waals surface area (Å²) in [6.07, 6.45) is -4.17. The maximum atomic E-state index is 12.4. The van der Waals surface area contributed by atoms with E-state index >= 15 is 0 Å². The van der Waals surface area contributed by atoms with Crippen molar-refractivity contribution in [3.63, 3.8) is 0 Å². The maximum Gasteiger partial charge on any atom is 0.411 e. The SMILES string of the molecule is OCC(F)(F)CNCCCOCC(F)(F)F. The van der Waals surface area contributed by atoms with Gasteiger partial charge < -0.3 is 15.2 Å². The van der Waals surface area contributed by atoms with Gasteiger partial charge in [0, 0.05) is 6.61 Å². The van der Waals surface area contributed by atoms with E-state index in [0.717, 1.165) is 0 Å². The fourth-order valence-corrected chi connectivity index (χ4v) is 0.814. The minimum atomic E-state index is -4.36. The lowest BCUT2D eigenvalue weighted by Gasteiger charge is -2.13. The third-order valence-electron chi connectivity index (χ3n) is 1.52. The van der Waals surface area contributed by atoms with Gasteiger partial charge in [0.25, 0.3) is 5.92 Å². The smallest absolute Gasteiger partial charge is 0.390 e. The Morgan fingerprint density at radius 1 is 1.12 bits per heavy atom. The van der Waals surface area contributed by atoms with Crippen molar-refractivity contribution in [2.24, 2.45) is 0 Å². The molecule has 0 amide bonds. The number of ether oxygens (including phenoxy) is 1.